The minimum absolute atomic E-state index is 0.00746. The highest BCUT2D eigenvalue weighted by Gasteiger charge is 2.24. The molecule has 0 heterocycles. The van der Waals surface area contributed by atoms with E-state index in [-0.39, 0.29) is 16.4 Å². The highest BCUT2D eigenvalue weighted by atomic mass is 35.5. The van der Waals surface area contributed by atoms with E-state index in [1.165, 1.54) is 31.2 Å². The smallest absolute Gasteiger partial charge is 0.213 e. The van der Waals surface area contributed by atoms with Crippen molar-refractivity contribution in [1.82, 2.24) is 0 Å². The summed E-state index contributed by atoms with van der Waals surface area (Å²) in [6.45, 7) is 3.16. The summed E-state index contributed by atoms with van der Waals surface area (Å²) in [6.07, 6.45) is 0.978. The first-order valence-electron chi connectivity index (χ1n) is 5.23. The molecule has 4 nitrogen and oxygen atoms in total. The Bertz CT molecular complexity index is 558. The molecule has 0 aromatic heterocycles. The fraction of sp³-hybridized carbons (Fsp3) is 0.250. The van der Waals surface area contributed by atoms with E-state index in [0.29, 0.717) is 5.02 Å². The number of carbonyl (C=O) groups is 1. The van der Waals surface area contributed by atoms with Gasteiger partial charge in [0.2, 0.25) is 9.84 Å². The van der Waals surface area contributed by atoms with Crippen LogP contribution in [-0.2, 0) is 19.4 Å². The molecular weight excluding hydrogens is 276 g/mol. The van der Waals surface area contributed by atoms with E-state index in [1.807, 2.05) is 0 Å². The molecule has 0 fully saturated rings. The van der Waals surface area contributed by atoms with Gasteiger partial charge >= 0.3 is 0 Å². The minimum Gasteiger partial charge on any atom is -0.500 e. The Morgan fingerprint density at radius 3 is 2.33 bits per heavy atom. The van der Waals surface area contributed by atoms with Crippen LogP contribution in [0.1, 0.15) is 13.8 Å². The second kappa shape index (κ2) is 6.02. The summed E-state index contributed by atoms with van der Waals surface area (Å²) in [4.78, 5) is 11.0. The minimum atomic E-state index is -3.86. The standard InChI is InChI=1S/C12H13ClO4S/c1-3-17-8-12(9(2)14)18(15,16)11-6-4-10(13)5-7-11/h4-8H,3H2,1-2H3/b12-8-. The first-order valence-corrected chi connectivity index (χ1v) is 7.09. The van der Waals surface area contributed by atoms with E-state index >= 15 is 0 Å². The highest BCUT2D eigenvalue weighted by Crippen LogP contribution is 2.21. The maximum absolute atomic E-state index is 12.2. The van der Waals surface area contributed by atoms with Crippen molar-refractivity contribution in [1.29, 1.82) is 0 Å². The number of carbonyl (C=O) groups excluding carboxylic acids is 1. The summed E-state index contributed by atoms with van der Waals surface area (Å²) in [6, 6.07) is 5.60. The number of Topliss-reactive ketones (excluding diaryl/α,β-unsaturated/α-hetero) is 1. The van der Waals surface area contributed by atoms with E-state index in [2.05, 4.69) is 0 Å². The van der Waals surface area contributed by atoms with Crippen LogP contribution in [0.3, 0.4) is 0 Å². The lowest BCUT2D eigenvalue weighted by Crippen LogP contribution is -2.12. The third-order valence-corrected chi connectivity index (χ3v) is 4.22. The average Bonchev–Trinajstić information content (AvgIpc) is 2.29. The molecule has 0 saturated carbocycles. The van der Waals surface area contributed by atoms with Crippen molar-refractivity contribution in [3.63, 3.8) is 0 Å². The van der Waals surface area contributed by atoms with Crippen molar-refractivity contribution in [2.75, 3.05) is 6.61 Å². The van der Waals surface area contributed by atoms with Gasteiger partial charge in [0.15, 0.2) is 5.78 Å². The van der Waals surface area contributed by atoms with Gasteiger partial charge in [0.05, 0.1) is 11.5 Å². The van der Waals surface area contributed by atoms with Crippen LogP contribution in [0.25, 0.3) is 0 Å². The summed E-state index contributed by atoms with van der Waals surface area (Å²) in [5.74, 6) is -0.571. The number of ketones is 1. The van der Waals surface area contributed by atoms with Gasteiger partial charge in [-0.05, 0) is 38.1 Å². The second-order valence-electron chi connectivity index (χ2n) is 3.45. The van der Waals surface area contributed by atoms with Crippen molar-refractivity contribution in [3.8, 4) is 0 Å². The molecule has 0 amide bonds. The van der Waals surface area contributed by atoms with Gasteiger partial charge in [0.1, 0.15) is 11.2 Å². The third kappa shape index (κ3) is 3.34. The number of sulfone groups is 1. The number of ether oxygens (including phenoxy) is 1. The van der Waals surface area contributed by atoms with Crippen LogP contribution in [0, 0.1) is 0 Å². The van der Waals surface area contributed by atoms with E-state index in [0.717, 1.165) is 6.26 Å². The van der Waals surface area contributed by atoms with Crippen LogP contribution in [0.2, 0.25) is 5.02 Å². The Morgan fingerprint density at radius 2 is 1.89 bits per heavy atom. The Morgan fingerprint density at radius 1 is 1.33 bits per heavy atom. The molecule has 0 aliphatic heterocycles. The van der Waals surface area contributed by atoms with Gasteiger partial charge in [-0.25, -0.2) is 8.42 Å². The fourth-order valence-corrected chi connectivity index (χ4v) is 2.68. The Hall–Kier alpha value is -1.33. The average molecular weight is 289 g/mol. The molecule has 98 valence electrons. The maximum atomic E-state index is 12.2. The molecule has 0 saturated heterocycles. The van der Waals surface area contributed by atoms with Crippen molar-refractivity contribution in [2.24, 2.45) is 0 Å². The number of halogens is 1. The summed E-state index contributed by atoms with van der Waals surface area (Å²) < 4.78 is 29.3. The predicted molar refractivity (Wildman–Crippen MR) is 69.0 cm³/mol. The predicted octanol–water partition coefficient (Wildman–Crippen LogP) is 2.58. The Kier molecular flexibility index (Phi) is 4.93. The monoisotopic (exact) mass is 288 g/mol. The van der Waals surface area contributed by atoms with Crippen LogP contribution < -0.4 is 0 Å². The summed E-state index contributed by atoms with van der Waals surface area (Å²) in [5.41, 5.74) is 0. The normalized spacial score (nSPS) is 12.3. The van der Waals surface area contributed by atoms with E-state index in [1.54, 1.807) is 6.92 Å². The fourth-order valence-electron chi connectivity index (χ4n) is 1.24. The van der Waals surface area contributed by atoms with Gasteiger partial charge in [0, 0.05) is 5.02 Å². The summed E-state index contributed by atoms with van der Waals surface area (Å²) in [7, 11) is -3.86. The zero-order chi connectivity index (χ0) is 13.8. The molecule has 0 bridgehead atoms. The van der Waals surface area contributed by atoms with Crippen molar-refractivity contribution < 1.29 is 17.9 Å². The van der Waals surface area contributed by atoms with Crippen molar-refractivity contribution >= 4 is 27.2 Å². The molecule has 6 heteroatoms. The zero-order valence-electron chi connectivity index (χ0n) is 10.0. The molecule has 1 rings (SSSR count). The molecule has 0 atom stereocenters. The van der Waals surface area contributed by atoms with E-state index in [4.69, 9.17) is 16.3 Å². The molecule has 0 N–H and O–H groups in total. The van der Waals surface area contributed by atoms with Crippen molar-refractivity contribution in [3.05, 3.63) is 40.5 Å². The molecule has 1 aromatic carbocycles. The lowest BCUT2D eigenvalue weighted by atomic mass is 10.4. The number of benzene rings is 1. The number of hydrogen-bond donors (Lipinski definition) is 0. The maximum Gasteiger partial charge on any atom is 0.213 e. The van der Waals surface area contributed by atoms with Gasteiger partial charge in [0.25, 0.3) is 0 Å². The Balaban J connectivity index is 3.26. The van der Waals surface area contributed by atoms with Gasteiger partial charge in [-0.3, -0.25) is 4.79 Å². The molecule has 18 heavy (non-hydrogen) atoms. The lowest BCUT2D eigenvalue weighted by molar-refractivity contribution is -0.113. The number of hydrogen-bond acceptors (Lipinski definition) is 4. The summed E-state index contributed by atoms with van der Waals surface area (Å²) in [5, 5.41) is 0.423. The number of allylic oxidation sites excluding steroid dienone is 1. The van der Waals surface area contributed by atoms with Gasteiger partial charge in [-0.15, -0.1) is 0 Å². The van der Waals surface area contributed by atoms with Crippen LogP contribution in [0.4, 0.5) is 0 Å². The molecule has 1 aromatic rings. The highest BCUT2D eigenvalue weighted by molar-refractivity contribution is 7.96. The van der Waals surface area contributed by atoms with Gasteiger partial charge in [-0.2, -0.15) is 0 Å². The van der Waals surface area contributed by atoms with Crippen LogP contribution in [0.5, 0.6) is 0 Å². The molecular formula is C12H13ClO4S. The SMILES string of the molecule is CCO/C=C(/C(C)=O)S(=O)(=O)c1ccc(Cl)cc1. The molecule has 0 radical (unpaired) electrons. The zero-order valence-corrected chi connectivity index (χ0v) is 11.6. The first-order chi connectivity index (χ1) is 8.39. The Labute approximate surface area is 111 Å². The number of rotatable bonds is 5. The van der Waals surface area contributed by atoms with E-state index in [9.17, 15) is 13.2 Å². The largest absolute Gasteiger partial charge is 0.500 e. The quantitative estimate of drug-likeness (QED) is 0.617. The van der Waals surface area contributed by atoms with Crippen LogP contribution in [-0.4, -0.2) is 20.8 Å². The van der Waals surface area contributed by atoms with E-state index < -0.39 is 15.6 Å². The van der Waals surface area contributed by atoms with Crippen LogP contribution in [0.15, 0.2) is 40.3 Å². The van der Waals surface area contributed by atoms with Gasteiger partial charge < -0.3 is 4.74 Å². The first kappa shape index (κ1) is 14.7. The lowest BCUT2D eigenvalue weighted by Gasteiger charge is -2.06. The van der Waals surface area contributed by atoms with Crippen molar-refractivity contribution in [2.45, 2.75) is 18.7 Å². The summed E-state index contributed by atoms with van der Waals surface area (Å²) >= 11 is 5.69. The third-order valence-electron chi connectivity index (χ3n) is 2.12. The topological polar surface area (TPSA) is 60.4 Å². The molecule has 0 aliphatic carbocycles. The molecule has 0 spiro atoms. The van der Waals surface area contributed by atoms with Gasteiger partial charge in [-0.1, -0.05) is 11.6 Å². The second-order valence-corrected chi connectivity index (χ2v) is 5.81. The molecule has 0 unspecified atom stereocenters. The van der Waals surface area contributed by atoms with Crippen LogP contribution >= 0.6 is 11.6 Å². The molecule has 0 aliphatic rings.